The molecule has 21 heavy (non-hydrogen) atoms. The molecule has 0 bridgehead atoms. The molecule has 1 aliphatic carbocycles. The molecular formula is C16H20N2O3. The van der Waals surface area contributed by atoms with E-state index in [1.807, 2.05) is 0 Å². The molecule has 0 radical (unpaired) electrons. The third kappa shape index (κ3) is 2.65. The van der Waals surface area contributed by atoms with Gasteiger partial charge in [-0.15, -0.1) is 0 Å². The fraction of sp³-hybridized carbons (Fsp3) is 0.500. The number of piperidine rings is 1. The van der Waals surface area contributed by atoms with E-state index in [9.17, 15) is 9.59 Å². The maximum atomic E-state index is 12.3. The minimum Gasteiger partial charge on any atom is -0.478 e. The Morgan fingerprint density at radius 3 is 2.71 bits per heavy atom. The van der Waals surface area contributed by atoms with Crippen molar-refractivity contribution in [1.82, 2.24) is 5.32 Å². The maximum Gasteiger partial charge on any atom is 0.336 e. The van der Waals surface area contributed by atoms with Crippen molar-refractivity contribution in [2.45, 2.75) is 26.2 Å². The summed E-state index contributed by atoms with van der Waals surface area (Å²) in [6.07, 6.45) is 3.07. The van der Waals surface area contributed by atoms with E-state index in [1.165, 1.54) is 6.07 Å². The van der Waals surface area contributed by atoms with Gasteiger partial charge >= 0.3 is 5.97 Å². The molecule has 112 valence electrons. The van der Waals surface area contributed by atoms with E-state index in [0.717, 1.165) is 32.4 Å². The first-order chi connectivity index (χ1) is 10.0. The first-order valence-corrected chi connectivity index (χ1v) is 7.37. The Bertz CT molecular complexity index is 591. The summed E-state index contributed by atoms with van der Waals surface area (Å²) in [5.74, 6) is -0.865. The molecule has 0 aromatic heterocycles. The van der Waals surface area contributed by atoms with Crippen LogP contribution in [0.1, 0.15) is 35.2 Å². The van der Waals surface area contributed by atoms with Crippen molar-refractivity contribution in [3.8, 4) is 0 Å². The van der Waals surface area contributed by atoms with Gasteiger partial charge in [0.05, 0.1) is 5.56 Å². The molecular weight excluding hydrogens is 268 g/mol. The molecule has 3 rings (SSSR count). The number of carbonyl (C=O) groups is 2. The van der Waals surface area contributed by atoms with Crippen molar-refractivity contribution < 1.29 is 14.7 Å². The van der Waals surface area contributed by atoms with Crippen molar-refractivity contribution in [3.05, 3.63) is 29.3 Å². The van der Waals surface area contributed by atoms with Crippen LogP contribution in [0, 0.1) is 18.3 Å². The fourth-order valence-electron chi connectivity index (χ4n) is 3.36. The maximum absolute atomic E-state index is 12.3. The van der Waals surface area contributed by atoms with Crippen molar-refractivity contribution in [2.24, 2.45) is 11.3 Å². The van der Waals surface area contributed by atoms with Gasteiger partial charge in [0.2, 0.25) is 5.91 Å². The van der Waals surface area contributed by atoms with E-state index < -0.39 is 5.97 Å². The lowest BCUT2D eigenvalue weighted by molar-refractivity contribution is -0.118. The third-order valence-corrected chi connectivity index (χ3v) is 4.84. The number of hydrogen-bond donors (Lipinski definition) is 3. The van der Waals surface area contributed by atoms with E-state index in [2.05, 4.69) is 10.6 Å². The average molecular weight is 288 g/mol. The molecule has 1 heterocycles. The van der Waals surface area contributed by atoms with Gasteiger partial charge < -0.3 is 15.7 Å². The Balaban J connectivity index is 1.68. The van der Waals surface area contributed by atoms with Crippen molar-refractivity contribution >= 4 is 17.6 Å². The van der Waals surface area contributed by atoms with Gasteiger partial charge in [0.1, 0.15) is 0 Å². The number of carboxylic acids is 1. The highest BCUT2D eigenvalue weighted by atomic mass is 16.4. The van der Waals surface area contributed by atoms with Crippen LogP contribution in [0.25, 0.3) is 0 Å². The Morgan fingerprint density at radius 2 is 2.05 bits per heavy atom. The summed E-state index contributed by atoms with van der Waals surface area (Å²) >= 11 is 0. The van der Waals surface area contributed by atoms with Crippen LogP contribution in [0.15, 0.2) is 18.2 Å². The zero-order valence-corrected chi connectivity index (χ0v) is 12.1. The fourth-order valence-corrected chi connectivity index (χ4v) is 3.36. The summed E-state index contributed by atoms with van der Waals surface area (Å²) in [6, 6.07) is 5.02. The molecule has 2 aliphatic rings. The van der Waals surface area contributed by atoms with Crippen LogP contribution in [0.5, 0.6) is 0 Å². The summed E-state index contributed by atoms with van der Waals surface area (Å²) < 4.78 is 0. The van der Waals surface area contributed by atoms with Gasteiger partial charge in [0.15, 0.2) is 0 Å². The van der Waals surface area contributed by atoms with E-state index >= 15 is 0 Å². The predicted octanol–water partition coefficient (Wildman–Crippen LogP) is 2.02. The number of amides is 1. The first-order valence-electron chi connectivity index (χ1n) is 7.37. The Hall–Kier alpha value is -1.88. The smallest absolute Gasteiger partial charge is 0.336 e. The summed E-state index contributed by atoms with van der Waals surface area (Å²) in [7, 11) is 0. The number of rotatable bonds is 3. The standard InChI is InChI=1S/C16H20N2O3/c1-10-2-3-11(8-12(10)15(20)21)18-14(19)13-9-16(13)4-6-17-7-5-16/h2-3,8,13,17H,4-7,9H2,1H3,(H,18,19)(H,20,21). The van der Waals surface area contributed by atoms with Crippen LogP contribution in [-0.4, -0.2) is 30.1 Å². The summed E-state index contributed by atoms with van der Waals surface area (Å²) in [5.41, 5.74) is 1.69. The molecule has 5 heteroatoms. The molecule has 1 saturated carbocycles. The van der Waals surface area contributed by atoms with Crippen LogP contribution < -0.4 is 10.6 Å². The summed E-state index contributed by atoms with van der Waals surface area (Å²) in [4.78, 5) is 23.5. The molecule has 1 aliphatic heterocycles. The topological polar surface area (TPSA) is 78.4 Å². The van der Waals surface area contributed by atoms with Gasteiger partial charge in [-0.25, -0.2) is 4.79 Å². The molecule has 1 atom stereocenters. The van der Waals surface area contributed by atoms with Crippen LogP contribution in [-0.2, 0) is 4.79 Å². The summed E-state index contributed by atoms with van der Waals surface area (Å²) in [6.45, 7) is 3.72. The van der Waals surface area contributed by atoms with E-state index in [-0.39, 0.29) is 22.8 Å². The SMILES string of the molecule is Cc1ccc(NC(=O)C2CC23CCNCC3)cc1C(=O)O. The highest BCUT2D eigenvalue weighted by Gasteiger charge is 2.57. The molecule has 1 saturated heterocycles. The van der Waals surface area contributed by atoms with Crippen LogP contribution in [0.3, 0.4) is 0 Å². The first kappa shape index (κ1) is 14.1. The second-order valence-corrected chi connectivity index (χ2v) is 6.19. The van der Waals surface area contributed by atoms with Gasteiger partial charge in [0, 0.05) is 11.6 Å². The Kier molecular flexibility index (Phi) is 3.45. The lowest BCUT2D eigenvalue weighted by Crippen LogP contribution is -2.31. The number of carbonyl (C=O) groups excluding carboxylic acids is 1. The lowest BCUT2D eigenvalue weighted by Gasteiger charge is -2.23. The van der Waals surface area contributed by atoms with Crippen LogP contribution >= 0.6 is 0 Å². The summed E-state index contributed by atoms with van der Waals surface area (Å²) in [5, 5.41) is 15.3. The molecule has 1 aromatic rings. The number of anilines is 1. The predicted molar refractivity (Wildman–Crippen MR) is 79.4 cm³/mol. The second kappa shape index (κ2) is 5.15. The third-order valence-electron chi connectivity index (χ3n) is 4.84. The quantitative estimate of drug-likeness (QED) is 0.795. The Labute approximate surface area is 123 Å². The molecule has 1 amide bonds. The zero-order valence-electron chi connectivity index (χ0n) is 12.1. The number of hydrogen-bond acceptors (Lipinski definition) is 3. The van der Waals surface area contributed by atoms with Crippen LogP contribution in [0.4, 0.5) is 5.69 Å². The van der Waals surface area contributed by atoms with E-state index in [0.29, 0.717) is 11.3 Å². The molecule has 1 unspecified atom stereocenters. The van der Waals surface area contributed by atoms with Crippen molar-refractivity contribution in [3.63, 3.8) is 0 Å². The van der Waals surface area contributed by atoms with E-state index in [4.69, 9.17) is 5.11 Å². The number of aryl methyl sites for hydroxylation is 1. The highest BCUT2D eigenvalue weighted by molar-refractivity contribution is 5.97. The van der Waals surface area contributed by atoms with Gasteiger partial charge in [-0.3, -0.25) is 4.79 Å². The van der Waals surface area contributed by atoms with Gasteiger partial charge in [-0.2, -0.15) is 0 Å². The van der Waals surface area contributed by atoms with Gasteiger partial charge in [0.25, 0.3) is 0 Å². The van der Waals surface area contributed by atoms with Crippen molar-refractivity contribution in [1.29, 1.82) is 0 Å². The number of benzene rings is 1. The number of aromatic carboxylic acids is 1. The van der Waals surface area contributed by atoms with Gasteiger partial charge in [-0.05, 0) is 62.4 Å². The zero-order chi connectivity index (χ0) is 15.0. The largest absolute Gasteiger partial charge is 0.478 e. The lowest BCUT2D eigenvalue weighted by atomic mass is 9.92. The monoisotopic (exact) mass is 288 g/mol. The second-order valence-electron chi connectivity index (χ2n) is 6.19. The molecule has 1 aromatic carbocycles. The van der Waals surface area contributed by atoms with Crippen LogP contribution in [0.2, 0.25) is 0 Å². The van der Waals surface area contributed by atoms with Gasteiger partial charge in [-0.1, -0.05) is 6.07 Å². The molecule has 3 N–H and O–H groups in total. The number of nitrogens with one attached hydrogen (secondary N) is 2. The number of carboxylic acid groups (broad SMARTS) is 1. The molecule has 1 spiro atoms. The molecule has 5 nitrogen and oxygen atoms in total. The highest BCUT2D eigenvalue weighted by Crippen LogP contribution is 2.58. The average Bonchev–Trinajstić information content (AvgIpc) is 3.15. The minimum absolute atomic E-state index is 0.0251. The Morgan fingerprint density at radius 1 is 1.33 bits per heavy atom. The van der Waals surface area contributed by atoms with Crippen molar-refractivity contribution in [2.75, 3.05) is 18.4 Å². The normalized spacial score (nSPS) is 22.8. The van der Waals surface area contributed by atoms with E-state index in [1.54, 1.807) is 19.1 Å². The molecule has 2 fully saturated rings. The minimum atomic E-state index is -0.968.